The van der Waals surface area contributed by atoms with Crippen molar-refractivity contribution in [3.8, 4) is 0 Å². The summed E-state index contributed by atoms with van der Waals surface area (Å²) < 4.78 is 68.7. The maximum Gasteiger partial charge on any atom is 0.472 e. The zero-order chi connectivity index (χ0) is 75.1. The molecule has 0 aliphatic carbocycles. The van der Waals surface area contributed by atoms with Gasteiger partial charge in [-0.25, -0.2) is 9.13 Å². The molecule has 0 aliphatic heterocycles. The first-order valence-electron chi connectivity index (χ1n) is 42.9. The number of hydrogen-bond donors (Lipinski definition) is 3. The van der Waals surface area contributed by atoms with Crippen LogP contribution < -0.4 is 0 Å². The van der Waals surface area contributed by atoms with Gasteiger partial charge in [0.15, 0.2) is 12.2 Å². The van der Waals surface area contributed by atoms with Crippen molar-refractivity contribution < 1.29 is 80.2 Å². The molecule has 606 valence electrons. The van der Waals surface area contributed by atoms with Gasteiger partial charge in [-0.2, -0.15) is 0 Å². The van der Waals surface area contributed by atoms with Gasteiger partial charge in [0.05, 0.1) is 26.4 Å². The molecule has 0 spiro atoms. The lowest BCUT2D eigenvalue weighted by molar-refractivity contribution is -0.161. The van der Waals surface area contributed by atoms with Gasteiger partial charge in [-0.15, -0.1) is 0 Å². The number of carbonyl (C=O) groups is 4. The van der Waals surface area contributed by atoms with E-state index in [1.165, 1.54) is 238 Å². The highest BCUT2D eigenvalue weighted by Gasteiger charge is 2.30. The summed E-state index contributed by atoms with van der Waals surface area (Å²) in [5, 5.41) is 10.6. The SMILES string of the molecule is CCCCCCCCCCCCCCC(=O)O[C@H](COC(=O)CCCCCCCCC(C)CC)COP(=O)(O)OC[C@H](O)COP(=O)(O)OC[C@@H](COC(=O)CCCCCCCCCCCCCCCCCCC(C)C)OC(=O)CCCCCCCCCCCCCCCCCCCCC(C)C. The predicted molar refractivity (Wildman–Crippen MR) is 418 cm³/mol. The summed E-state index contributed by atoms with van der Waals surface area (Å²) in [6, 6.07) is 0. The molecule has 0 rings (SSSR count). The molecule has 0 saturated carbocycles. The Kier molecular flexibility index (Phi) is 71.8. The molecule has 0 heterocycles. The first-order chi connectivity index (χ1) is 49.3. The minimum Gasteiger partial charge on any atom is -0.462 e. The molecule has 0 fully saturated rings. The fourth-order valence-electron chi connectivity index (χ4n) is 12.8. The summed E-state index contributed by atoms with van der Waals surface area (Å²) in [6.07, 6.45) is 62.5. The van der Waals surface area contributed by atoms with Gasteiger partial charge in [0.1, 0.15) is 19.3 Å². The predicted octanol–water partition coefficient (Wildman–Crippen LogP) is 24.9. The van der Waals surface area contributed by atoms with Crippen LogP contribution in [0.1, 0.15) is 434 Å². The molecule has 3 unspecified atom stereocenters. The van der Waals surface area contributed by atoms with Gasteiger partial charge in [-0.1, -0.05) is 382 Å². The minimum absolute atomic E-state index is 0.106. The van der Waals surface area contributed by atoms with E-state index in [4.69, 9.17) is 37.0 Å². The standard InChI is InChI=1S/C83H162O17P2/c1-8-10-11-12-13-14-15-32-38-43-52-59-66-82(87)100-79(71-94-81(86)65-58-51-46-45-49-56-63-76(7)9-2)73-98-102(91,92)96-69-77(84)68-95-101(89,90)97-72-78(70-93-80(85)64-57-50-42-37-33-28-24-21-20-23-27-31-36-41-48-55-62-75(5)6)99-83(88)67-60-53-44-39-34-29-25-19-17-16-18-22-26-30-35-40-47-54-61-74(3)4/h74-79,84H,8-73H2,1-7H3,(H,89,90)(H,91,92)/t76?,77-,78-,79-/m1/s1. The summed E-state index contributed by atoms with van der Waals surface area (Å²) in [7, 11) is -9.92. The Bertz CT molecular complexity index is 1980. The molecule has 0 aliphatic rings. The number of phosphoric ester groups is 2. The topological polar surface area (TPSA) is 237 Å². The highest BCUT2D eigenvalue weighted by molar-refractivity contribution is 7.47. The number of phosphoric acid groups is 2. The van der Waals surface area contributed by atoms with Crippen molar-refractivity contribution in [2.24, 2.45) is 17.8 Å². The first-order valence-corrected chi connectivity index (χ1v) is 45.9. The molecule has 17 nitrogen and oxygen atoms in total. The molecular weight excluding hydrogens is 1330 g/mol. The van der Waals surface area contributed by atoms with Crippen molar-refractivity contribution in [2.75, 3.05) is 39.6 Å². The van der Waals surface area contributed by atoms with Gasteiger partial charge >= 0.3 is 39.5 Å². The number of aliphatic hydroxyl groups excluding tert-OH is 1. The lowest BCUT2D eigenvalue weighted by Gasteiger charge is -2.21. The summed E-state index contributed by atoms with van der Waals surface area (Å²) in [6.45, 7) is 12.0. The second-order valence-corrected chi connectivity index (χ2v) is 34.0. The number of hydrogen-bond acceptors (Lipinski definition) is 15. The molecule has 0 saturated heterocycles. The van der Waals surface area contributed by atoms with Crippen LogP contribution in [-0.2, 0) is 65.4 Å². The minimum atomic E-state index is -4.96. The highest BCUT2D eigenvalue weighted by atomic mass is 31.2. The van der Waals surface area contributed by atoms with E-state index < -0.39 is 97.5 Å². The highest BCUT2D eigenvalue weighted by Crippen LogP contribution is 2.45. The Hall–Kier alpha value is -1.94. The normalized spacial score (nSPS) is 14.2. The zero-order valence-electron chi connectivity index (χ0n) is 67.1. The van der Waals surface area contributed by atoms with Crippen molar-refractivity contribution in [1.29, 1.82) is 0 Å². The Labute approximate surface area is 626 Å². The molecule has 3 N–H and O–H groups in total. The monoisotopic (exact) mass is 1490 g/mol. The molecular formula is C83H162O17P2. The molecule has 0 radical (unpaired) electrons. The van der Waals surface area contributed by atoms with E-state index in [1.807, 2.05) is 0 Å². The van der Waals surface area contributed by atoms with E-state index in [9.17, 15) is 43.2 Å². The van der Waals surface area contributed by atoms with Crippen LogP contribution >= 0.6 is 15.6 Å². The van der Waals surface area contributed by atoms with E-state index in [2.05, 4.69) is 48.5 Å². The molecule has 6 atom stereocenters. The fourth-order valence-corrected chi connectivity index (χ4v) is 14.4. The molecule has 0 aromatic rings. The Morgan fingerprint density at radius 2 is 0.500 bits per heavy atom. The van der Waals surface area contributed by atoms with Crippen LogP contribution in [0.2, 0.25) is 0 Å². The summed E-state index contributed by atoms with van der Waals surface area (Å²) >= 11 is 0. The molecule has 19 heteroatoms. The first kappa shape index (κ1) is 100. The van der Waals surface area contributed by atoms with Crippen LogP contribution in [0, 0.1) is 17.8 Å². The van der Waals surface area contributed by atoms with Crippen LogP contribution in [0.25, 0.3) is 0 Å². The van der Waals surface area contributed by atoms with Crippen molar-refractivity contribution in [3.63, 3.8) is 0 Å². The van der Waals surface area contributed by atoms with Crippen molar-refractivity contribution in [2.45, 2.75) is 452 Å². The smallest absolute Gasteiger partial charge is 0.462 e. The Balaban J connectivity index is 5.21. The molecule has 0 amide bonds. The van der Waals surface area contributed by atoms with Crippen LogP contribution in [0.3, 0.4) is 0 Å². The molecule has 0 bridgehead atoms. The lowest BCUT2D eigenvalue weighted by atomic mass is 10.00. The van der Waals surface area contributed by atoms with Gasteiger partial charge in [-0.3, -0.25) is 37.3 Å². The number of carbonyl (C=O) groups excluding carboxylic acids is 4. The summed E-state index contributed by atoms with van der Waals surface area (Å²) in [5.41, 5.74) is 0. The second-order valence-electron chi connectivity index (χ2n) is 31.1. The fraction of sp³-hybridized carbons (Fsp3) is 0.952. The lowest BCUT2D eigenvalue weighted by Crippen LogP contribution is -2.30. The van der Waals surface area contributed by atoms with Gasteiger partial charge in [0.2, 0.25) is 0 Å². The average molecular weight is 1490 g/mol. The number of esters is 4. The van der Waals surface area contributed by atoms with Crippen LogP contribution in [-0.4, -0.2) is 96.7 Å². The van der Waals surface area contributed by atoms with E-state index in [0.717, 1.165) is 114 Å². The van der Waals surface area contributed by atoms with Gasteiger partial charge < -0.3 is 33.8 Å². The van der Waals surface area contributed by atoms with Crippen molar-refractivity contribution in [1.82, 2.24) is 0 Å². The van der Waals surface area contributed by atoms with Crippen LogP contribution in [0.15, 0.2) is 0 Å². The van der Waals surface area contributed by atoms with E-state index in [-0.39, 0.29) is 25.7 Å². The van der Waals surface area contributed by atoms with Crippen LogP contribution in [0.4, 0.5) is 0 Å². The maximum atomic E-state index is 13.1. The van der Waals surface area contributed by atoms with Crippen molar-refractivity contribution >= 4 is 39.5 Å². The number of ether oxygens (including phenoxy) is 4. The van der Waals surface area contributed by atoms with E-state index in [0.29, 0.717) is 25.7 Å². The third kappa shape index (κ3) is 74.9. The Morgan fingerprint density at radius 3 is 0.745 bits per heavy atom. The third-order valence-electron chi connectivity index (χ3n) is 19.7. The van der Waals surface area contributed by atoms with Crippen molar-refractivity contribution in [3.05, 3.63) is 0 Å². The molecule has 0 aromatic heterocycles. The van der Waals surface area contributed by atoms with Gasteiger partial charge in [0, 0.05) is 25.7 Å². The quantitative estimate of drug-likeness (QED) is 0.0222. The Morgan fingerprint density at radius 1 is 0.284 bits per heavy atom. The summed E-state index contributed by atoms with van der Waals surface area (Å²) in [4.78, 5) is 73.0. The molecule has 0 aromatic carbocycles. The van der Waals surface area contributed by atoms with Gasteiger partial charge in [0.25, 0.3) is 0 Å². The number of unbranched alkanes of at least 4 members (excludes halogenated alkanes) is 48. The number of rotatable bonds is 81. The van der Waals surface area contributed by atoms with E-state index >= 15 is 0 Å². The third-order valence-corrected chi connectivity index (χ3v) is 21.6. The maximum absolute atomic E-state index is 13.1. The zero-order valence-corrected chi connectivity index (χ0v) is 68.9. The van der Waals surface area contributed by atoms with E-state index in [1.54, 1.807) is 0 Å². The molecule has 102 heavy (non-hydrogen) atoms. The average Bonchev–Trinajstić information content (AvgIpc) is 0.929. The second kappa shape index (κ2) is 73.2. The van der Waals surface area contributed by atoms with Crippen LogP contribution in [0.5, 0.6) is 0 Å². The largest absolute Gasteiger partial charge is 0.472 e. The number of aliphatic hydroxyl groups is 1. The summed E-state index contributed by atoms with van der Waals surface area (Å²) in [5.74, 6) is 0.255. The van der Waals surface area contributed by atoms with Gasteiger partial charge in [-0.05, 0) is 43.4 Å².